The molecule has 170 valence electrons. The Labute approximate surface area is 188 Å². The van der Waals surface area contributed by atoms with Crippen LogP contribution in [0.5, 0.6) is 0 Å². The number of benzene rings is 1. The Kier molecular flexibility index (Phi) is 7.81. The number of esters is 1. The summed E-state index contributed by atoms with van der Waals surface area (Å²) in [5.74, 6) is -0.506. The van der Waals surface area contributed by atoms with Gasteiger partial charge in [0.25, 0.3) is 11.8 Å². The molecule has 1 aliphatic heterocycles. The maximum atomic E-state index is 12.6. The van der Waals surface area contributed by atoms with E-state index >= 15 is 0 Å². The molecule has 1 aromatic heterocycles. The maximum absolute atomic E-state index is 12.6. The number of aromatic nitrogens is 1. The first-order valence-electron chi connectivity index (χ1n) is 10.8. The fourth-order valence-corrected chi connectivity index (χ4v) is 3.47. The van der Waals surface area contributed by atoms with Crippen LogP contribution in [0.1, 0.15) is 29.8 Å². The van der Waals surface area contributed by atoms with Crippen LogP contribution in [0.4, 0.5) is 5.82 Å². The highest BCUT2D eigenvalue weighted by Crippen LogP contribution is 2.13. The first-order valence-corrected chi connectivity index (χ1v) is 10.8. The Morgan fingerprint density at radius 2 is 1.72 bits per heavy atom. The summed E-state index contributed by atoms with van der Waals surface area (Å²) in [7, 11) is 0. The molecular formula is C24H30N4O4. The number of aryl methyl sites for hydroxylation is 1. The first-order chi connectivity index (χ1) is 15.3. The summed E-state index contributed by atoms with van der Waals surface area (Å²) in [6.07, 6.45) is 1.75. The number of amides is 2. The maximum Gasteiger partial charge on any atom is 0.329 e. The van der Waals surface area contributed by atoms with Gasteiger partial charge < -0.3 is 19.9 Å². The van der Waals surface area contributed by atoms with E-state index in [1.807, 2.05) is 51.1 Å². The Morgan fingerprint density at radius 1 is 1.03 bits per heavy atom. The average molecular weight is 439 g/mol. The number of piperazine rings is 1. The Balaban J connectivity index is 1.49. The summed E-state index contributed by atoms with van der Waals surface area (Å²) in [5, 5.41) is 2.73. The van der Waals surface area contributed by atoms with Crippen LogP contribution < -0.4 is 10.2 Å². The number of carbonyl (C=O) groups is 3. The molecule has 32 heavy (non-hydrogen) atoms. The molecular weight excluding hydrogens is 408 g/mol. The standard InChI is InChI=1S/C24H30N4O4/c1-17(2)22(26-23(30)19-9-7-18(3)8-10-19)24(31)32-16-21(29)28-14-12-27(13-15-28)20-6-4-5-11-25-20/h4-11,17,22H,12-16H2,1-3H3,(H,26,30)/t22-/m0/s1. The summed E-state index contributed by atoms with van der Waals surface area (Å²) < 4.78 is 5.28. The molecule has 3 rings (SSSR count). The van der Waals surface area contributed by atoms with Crippen molar-refractivity contribution in [2.24, 2.45) is 5.92 Å². The molecule has 0 aliphatic carbocycles. The highest BCUT2D eigenvalue weighted by atomic mass is 16.5. The molecule has 0 saturated carbocycles. The van der Waals surface area contributed by atoms with E-state index in [1.54, 1.807) is 23.2 Å². The molecule has 1 aromatic carbocycles. The smallest absolute Gasteiger partial charge is 0.329 e. The summed E-state index contributed by atoms with van der Waals surface area (Å²) >= 11 is 0. The van der Waals surface area contributed by atoms with E-state index in [0.717, 1.165) is 11.4 Å². The normalized spacial score (nSPS) is 14.8. The van der Waals surface area contributed by atoms with Crippen molar-refractivity contribution in [3.05, 3.63) is 59.8 Å². The second-order valence-corrected chi connectivity index (χ2v) is 8.22. The zero-order chi connectivity index (χ0) is 23.1. The Bertz CT molecular complexity index is 923. The third kappa shape index (κ3) is 6.06. The predicted octanol–water partition coefficient (Wildman–Crippen LogP) is 2.04. The lowest BCUT2D eigenvalue weighted by Crippen LogP contribution is -2.51. The van der Waals surface area contributed by atoms with Crippen molar-refractivity contribution in [1.29, 1.82) is 0 Å². The van der Waals surface area contributed by atoms with Crippen LogP contribution in [-0.2, 0) is 14.3 Å². The molecule has 0 unspecified atom stereocenters. The highest BCUT2D eigenvalue weighted by molar-refractivity contribution is 5.97. The first kappa shape index (κ1) is 23.2. The molecule has 2 amide bonds. The number of rotatable bonds is 7. The largest absolute Gasteiger partial charge is 0.454 e. The van der Waals surface area contributed by atoms with Crippen molar-refractivity contribution in [3.63, 3.8) is 0 Å². The molecule has 1 saturated heterocycles. The van der Waals surface area contributed by atoms with Crippen LogP contribution in [0.3, 0.4) is 0 Å². The summed E-state index contributed by atoms with van der Waals surface area (Å²) in [6.45, 7) is 7.63. The van der Waals surface area contributed by atoms with Crippen molar-refractivity contribution >= 4 is 23.6 Å². The number of pyridine rings is 1. The van der Waals surface area contributed by atoms with Gasteiger partial charge in [-0.05, 0) is 37.1 Å². The minimum Gasteiger partial charge on any atom is -0.454 e. The highest BCUT2D eigenvalue weighted by Gasteiger charge is 2.28. The monoisotopic (exact) mass is 438 g/mol. The fraction of sp³-hybridized carbons (Fsp3) is 0.417. The summed E-state index contributed by atoms with van der Waals surface area (Å²) in [4.78, 5) is 45.8. The van der Waals surface area contributed by atoms with Gasteiger partial charge >= 0.3 is 5.97 Å². The lowest BCUT2D eigenvalue weighted by molar-refractivity contribution is -0.154. The number of hydrogen-bond donors (Lipinski definition) is 1. The minimum absolute atomic E-state index is 0.186. The molecule has 0 bridgehead atoms. The molecule has 0 radical (unpaired) electrons. The van der Waals surface area contributed by atoms with E-state index in [9.17, 15) is 14.4 Å². The molecule has 2 heterocycles. The van der Waals surface area contributed by atoms with Crippen molar-refractivity contribution in [1.82, 2.24) is 15.2 Å². The van der Waals surface area contributed by atoms with Crippen molar-refractivity contribution in [3.8, 4) is 0 Å². The number of anilines is 1. The quantitative estimate of drug-likeness (QED) is 0.665. The molecule has 0 spiro atoms. The molecule has 1 atom stereocenters. The van der Waals surface area contributed by atoms with Gasteiger partial charge in [-0.3, -0.25) is 9.59 Å². The number of carbonyl (C=O) groups excluding carboxylic acids is 3. The van der Waals surface area contributed by atoms with Gasteiger partial charge in [-0.1, -0.05) is 37.6 Å². The number of hydrogen-bond acceptors (Lipinski definition) is 6. The van der Waals surface area contributed by atoms with E-state index in [0.29, 0.717) is 31.7 Å². The number of ether oxygens (including phenoxy) is 1. The van der Waals surface area contributed by atoms with Crippen LogP contribution >= 0.6 is 0 Å². The lowest BCUT2D eigenvalue weighted by Gasteiger charge is -2.35. The van der Waals surface area contributed by atoms with Gasteiger partial charge in [-0.25, -0.2) is 9.78 Å². The van der Waals surface area contributed by atoms with Gasteiger partial charge in [0.05, 0.1) is 0 Å². The zero-order valence-corrected chi connectivity index (χ0v) is 18.8. The van der Waals surface area contributed by atoms with Gasteiger partial charge in [0.1, 0.15) is 11.9 Å². The van der Waals surface area contributed by atoms with Crippen LogP contribution in [-0.4, -0.2) is 66.5 Å². The predicted molar refractivity (Wildman–Crippen MR) is 121 cm³/mol. The van der Waals surface area contributed by atoms with Crippen molar-refractivity contribution < 1.29 is 19.1 Å². The summed E-state index contributed by atoms with van der Waals surface area (Å²) in [6, 6.07) is 12.0. The lowest BCUT2D eigenvalue weighted by atomic mass is 10.0. The topological polar surface area (TPSA) is 91.8 Å². The summed E-state index contributed by atoms with van der Waals surface area (Å²) in [5.41, 5.74) is 1.51. The Hall–Kier alpha value is -3.42. The van der Waals surface area contributed by atoms with Crippen molar-refractivity contribution in [2.75, 3.05) is 37.7 Å². The van der Waals surface area contributed by atoms with Crippen molar-refractivity contribution in [2.45, 2.75) is 26.8 Å². The van der Waals surface area contributed by atoms with E-state index in [1.165, 1.54) is 0 Å². The zero-order valence-electron chi connectivity index (χ0n) is 18.8. The molecule has 1 aliphatic rings. The van der Waals surface area contributed by atoms with E-state index in [4.69, 9.17) is 4.74 Å². The third-order valence-corrected chi connectivity index (χ3v) is 5.46. The molecule has 1 fully saturated rings. The van der Waals surface area contributed by atoms with Crippen LogP contribution in [0, 0.1) is 12.8 Å². The van der Waals surface area contributed by atoms with Crippen LogP contribution in [0.25, 0.3) is 0 Å². The van der Waals surface area contributed by atoms with Crippen LogP contribution in [0.15, 0.2) is 48.7 Å². The van der Waals surface area contributed by atoms with E-state index in [2.05, 4.69) is 15.2 Å². The molecule has 2 aromatic rings. The number of nitrogens with zero attached hydrogens (tertiary/aromatic N) is 3. The van der Waals surface area contributed by atoms with Gasteiger partial charge in [-0.15, -0.1) is 0 Å². The number of nitrogens with one attached hydrogen (secondary N) is 1. The van der Waals surface area contributed by atoms with Gasteiger partial charge in [-0.2, -0.15) is 0 Å². The van der Waals surface area contributed by atoms with Gasteiger partial charge in [0.15, 0.2) is 6.61 Å². The van der Waals surface area contributed by atoms with Gasteiger partial charge in [0, 0.05) is 37.9 Å². The van der Waals surface area contributed by atoms with Crippen LogP contribution in [0.2, 0.25) is 0 Å². The van der Waals surface area contributed by atoms with E-state index in [-0.39, 0.29) is 24.3 Å². The SMILES string of the molecule is Cc1ccc(C(=O)N[C@H](C(=O)OCC(=O)N2CCN(c3ccccn3)CC2)C(C)C)cc1. The second kappa shape index (κ2) is 10.7. The molecule has 8 heteroatoms. The fourth-order valence-electron chi connectivity index (χ4n) is 3.47. The minimum atomic E-state index is -0.836. The molecule has 1 N–H and O–H groups in total. The average Bonchev–Trinajstić information content (AvgIpc) is 2.81. The molecule has 8 nitrogen and oxygen atoms in total. The van der Waals surface area contributed by atoms with Gasteiger partial charge in [0.2, 0.25) is 0 Å². The van der Waals surface area contributed by atoms with E-state index < -0.39 is 12.0 Å². The third-order valence-electron chi connectivity index (χ3n) is 5.46. The second-order valence-electron chi connectivity index (χ2n) is 8.22. The Morgan fingerprint density at radius 3 is 2.31 bits per heavy atom.